The van der Waals surface area contributed by atoms with Crippen LogP contribution in [0.3, 0.4) is 0 Å². The van der Waals surface area contributed by atoms with Gasteiger partial charge in [0.2, 0.25) is 5.91 Å². The number of hydrogen-bond acceptors (Lipinski definition) is 3. The van der Waals surface area contributed by atoms with Gasteiger partial charge in [-0.05, 0) is 33.7 Å². The number of amides is 1. The molecular weight excluding hydrogens is 214 g/mol. The zero-order chi connectivity index (χ0) is 13.2. The van der Waals surface area contributed by atoms with Crippen LogP contribution in [0.15, 0.2) is 0 Å². The number of nitrogens with zero attached hydrogens (tertiary/aromatic N) is 2. The van der Waals surface area contributed by atoms with E-state index in [4.69, 9.17) is 0 Å². The van der Waals surface area contributed by atoms with E-state index >= 15 is 0 Å². The van der Waals surface area contributed by atoms with E-state index in [1.165, 1.54) is 0 Å². The van der Waals surface area contributed by atoms with Crippen molar-refractivity contribution in [3.63, 3.8) is 0 Å². The number of nitrogens with one attached hydrogen (secondary N) is 1. The molecule has 0 spiro atoms. The van der Waals surface area contributed by atoms with Crippen LogP contribution < -0.4 is 5.32 Å². The highest BCUT2D eigenvalue weighted by Crippen LogP contribution is 2.23. The van der Waals surface area contributed by atoms with Gasteiger partial charge in [-0.2, -0.15) is 0 Å². The van der Waals surface area contributed by atoms with Crippen molar-refractivity contribution < 1.29 is 4.79 Å². The largest absolute Gasteiger partial charge is 0.344 e. The molecule has 0 saturated carbocycles. The maximum atomic E-state index is 12.4. The second-order valence-corrected chi connectivity index (χ2v) is 6.22. The third-order valence-corrected chi connectivity index (χ3v) is 3.39. The van der Waals surface area contributed by atoms with Gasteiger partial charge in [-0.1, -0.05) is 6.92 Å². The smallest absolute Gasteiger partial charge is 0.241 e. The van der Waals surface area contributed by atoms with E-state index in [9.17, 15) is 4.79 Å². The first kappa shape index (κ1) is 14.5. The van der Waals surface area contributed by atoms with Crippen LogP contribution in [0.2, 0.25) is 0 Å². The lowest BCUT2D eigenvalue weighted by Gasteiger charge is -2.40. The van der Waals surface area contributed by atoms with Gasteiger partial charge in [0.25, 0.3) is 0 Å². The molecule has 1 saturated heterocycles. The van der Waals surface area contributed by atoms with Crippen LogP contribution in [0.5, 0.6) is 0 Å². The van der Waals surface area contributed by atoms with E-state index < -0.39 is 0 Å². The molecule has 0 aliphatic carbocycles. The molecule has 1 rings (SSSR count). The minimum absolute atomic E-state index is 0.0244. The summed E-state index contributed by atoms with van der Waals surface area (Å²) < 4.78 is 0. The molecule has 1 N–H and O–H groups in total. The lowest BCUT2D eigenvalue weighted by Crippen LogP contribution is -2.56. The molecule has 0 aromatic heterocycles. The average Bonchev–Trinajstić information content (AvgIpc) is 2.29. The first-order chi connectivity index (χ1) is 7.77. The molecular formula is C13H27N3O. The molecule has 1 heterocycles. The summed E-state index contributed by atoms with van der Waals surface area (Å²) >= 11 is 0. The van der Waals surface area contributed by atoms with E-state index in [0.717, 1.165) is 13.1 Å². The molecule has 0 radical (unpaired) electrons. The predicted octanol–water partition coefficient (Wildman–Crippen LogP) is 0.783. The lowest BCUT2D eigenvalue weighted by atomic mass is 10.0. The van der Waals surface area contributed by atoms with Crippen molar-refractivity contribution >= 4 is 5.91 Å². The minimum Gasteiger partial charge on any atom is -0.344 e. The Bertz CT molecular complexity index is 272. The summed E-state index contributed by atoms with van der Waals surface area (Å²) in [6.45, 7) is 11.3. The van der Waals surface area contributed by atoms with Crippen molar-refractivity contribution in [2.45, 2.75) is 39.3 Å². The Morgan fingerprint density at radius 2 is 1.94 bits per heavy atom. The fourth-order valence-corrected chi connectivity index (χ4v) is 2.60. The molecule has 100 valence electrons. The predicted molar refractivity (Wildman–Crippen MR) is 71.0 cm³/mol. The molecule has 1 aliphatic heterocycles. The van der Waals surface area contributed by atoms with Crippen LogP contribution in [0.4, 0.5) is 0 Å². The highest BCUT2D eigenvalue weighted by Gasteiger charge is 2.38. The zero-order valence-electron chi connectivity index (χ0n) is 12.1. The molecule has 0 bridgehead atoms. The Kier molecular flexibility index (Phi) is 4.55. The lowest BCUT2D eigenvalue weighted by molar-refractivity contribution is -0.135. The van der Waals surface area contributed by atoms with Crippen molar-refractivity contribution in [1.29, 1.82) is 0 Å². The normalized spacial score (nSPS) is 28.4. The summed E-state index contributed by atoms with van der Waals surface area (Å²) in [5.41, 5.74) is 0.0244. The molecule has 4 heteroatoms. The molecule has 1 amide bonds. The van der Waals surface area contributed by atoms with Crippen LogP contribution in [0, 0.1) is 5.92 Å². The van der Waals surface area contributed by atoms with Crippen molar-refractivity contribution in [3.8, 4) is 0 Å². The number of likely N-dealkylation sites (N-methyl/N-ethyl adjacent to an activating group) is 2. The number of hydrogen-bond donors (Lipinski definition) is 1. The number of carbonyl (C=O) groups is 1. The Hall–Kier alpha value is -0.610. The van der Waals surface area contributed by atoms with Crippen LogP contribution in [0.1, 0.15) is 27.7 Å². The molecule has 2 atom stereocenters. The second-order valence-electron chi connectivity index (χ2n) is 6.22. The van der Waals surface area contributed by atoms with Crippen LogP contribution >= 0.6 is 0 Å². The van der Waals surface area contributed by atoms with Crippen molar-refractivity contribution in [2.24, 2.45) is 5.92 Å². The Morgan fingerprint density at radius 1 is 1.35 bits per heavy atom. The van der Waals surface area contributed by atoms with Crippen LogP contribution in [-0.4, -0.2) is 61.0 Å². The summed E-state index contributed by atoms with van der Waals surface area (Å²) in [7, 11) is 3.82. The van der Waals surface area contributed by atoms with E-state index in [1.54, 1.807) is 0 Å². The monoisotopic (exact) mass is 241 g/mol. The summed E-state index contributed by atoms with van der Waals surface area (Å²) in [5, 5.41) is 3.14. The summed E-state index contributed by atoms with van der Waals surface area (Å²) in [6.07, 6.45) is 0. The highest BCUT2D eigenvalue weighted by molar-refractivity contribution is 5.82. The summed E-state index contributed by atoms with van der Waals surface area (Å²) in [6, 6.07) is -0.0463. The highest BCUT2D eigenvalue weighted by atomic mass is 16.2. The van der Waals surface area contributed by atoms with Gasteiger partial charge in [0.1, 0.15) is 6.04 Å². The Labute approximate surface area is 105 Å². The van der Waals surface area contributed by atoms with Gasteiger partial charge in [-0.15, -0.1) is 0 Å². The quantitative estimate of drug-likeness (QED) is 0.776. The summed E-state index contributed by atoms with van der Waals surface area (Å²) in [5.74, 6) is 0.753. The Balaban J connectivity index is 3.00. The fraction of sp³-hybridized carbons (Fsp3) is 0.923. The van der Waals surface area contributed by atoms with E-state index in [2.05, 4.69) is 37.9 Å². The first-order valence-corrected chi connectivity index (χ1v) is 6.43. The fourth-order valence-electron chi connectivity index (χ4n) is 2.60. The third-order valence-electron chi connectivity index (χ3n) is 3.39. The van der Waals surface area contributed by atoms with Gasteiger partial charge >= 0.3 is 0 Å². The summed E-state index contributed by atoms with van der Waals surface area (Å²) in [4.78, 5) is 16.6. The van der Waals surface area contributed by atoms with Gasteiger partial charge in [-0.3, -0.25) is 9.69 Å². The van der Waals surface area contributed by atoms with Gasteiger partial charge in [0.05, 0.1) is 0 Å². The number of rotatable bonds is 2. The molecule has 0 aromatic carbocycles. The zero-order valence-corrected chi connectivity index (χ0v) is 12.1. The second kappa shape index (κ2) is 5.36. The number of carbonyl (C=O) groups excluding carboxylic acids is 1. The standard InChI is InChI=1S/C13H27N3O/c1-10-8-15(6)12(17)11(7-14-5)16(9-10)13(2,3)4/h10-11,14H,7-9H2,1-6H3. The molecule has 2 unspecified atom stereocenters. The molecule has 4 nitrogen and oxygen atoms in total. The van der Waals surface area contributed by atoms with E-state index in [0.29, 0.717) is 12.5 Å². The first-order valence-electron chi connectivity index (χ1n) is 6.43. The average molecular weight is 241 g/mol. The third kappa shape index (κ3) is 3.42. The van der Waals surface area contributed by atoms with Crippen LogP contribution in [-0.2, 0) is 4.79 Å². The Morgan fingerprint density at radius 3 is 2.41 bits per heavy atom. The van der Waals surface area contributed by atoms with E-state index in [-0.39, 0.29) is 17.5 Å². The molecule has 17 heavy (non-hydrogen) atoms. The van der Waals surface area contributed by atoms with Crippen molar-refractivity contribution in [3.05, 3.63) is 0 Å². The van der Waals surface area contributed by atoms with Gasteiger partial charge in [-0.25, -0.2) is 0 Å². The van der Waals surface area contributed by atoms with Gasteiger partial charge < -0.3 is 10.2 Å². The maximum absolute atomic E-state index is 12.4. The molecule has 0 aromatic rings. The topological polar surface area (TPSA) is 35.6 Å². The van der Waals surface area contributed by atoms with Crippen molar-refractivity contribution in [1.82, 2.24) is 15.1 Å². The van der Waals surface area contributed by atoms with Gasteiger partial charge in [0.15, 0.2) is 0 Å². The van der Waals surface area contributed by atoms with Gasteiger partial charge in [0, 0.05) is 32.2 Å². The molecule has 1 fully saturated rings. The van der Waals surface area contributed by atoms with E-state index in [1.807, 2.05) is 19.0 Å². The minimum atomic E-state index is -0.0463. The SMILES string of the molecule is CNCC1C(=O)N(C)CC(C)CN1C(C)(C)C. The maximum Gasteiger partial charge on any atom is 0.241 e. The van der Waals surface area contributed by atoms with Crippen LogP contribution in [0.25, 0.3) is 0 Å². The molecule has 1 aliphatic rings. The van der Waals surface area contributed by atoms with Crippen molar-refractivity contribution in [2.75, 3.05) is 33.7 Å².